The highest BCUT2D eigenvalue weighted by molar-refractivity contribution is 9.10. The van der Waals surface area contributed by atoms with Crippen LogP contribution in [0.2, 0.25) is 0 Å². The summed E-state index contributed by atoms with van der Waals surface area (Å²) >= 11 is 3.19. The Morgan fingerprint density at radius 3 is 2.45 bits per heavy atom. The molecular weight excluding hydrogens is 462 g/mol. The number of ether oxygens (including phenoxy) is 1. The summed E-state index contributed by atoms with van der Waals surface area (Å²) in [6.07, 6.45) is 1.45. The maximum absolute atomic E-state index is 12.5. The number of nitrogens with one attached hydrogen (secondary N) is 1. The van der Waals surface area contributed by atoms with E-state index in [2.05, 4.69) is 21.2 Å². The van der Waals surface area contributed by atoms with Crippen molar-refractivity contribution >= 4 is 39.3 Å². The van der Waals surface area contributed by atoms with Gasteiger partial charge in [-0.1, -0.05) is 42.5 Å². The number of non-ortho nitro benzene ring substituents is 1. The molecule has 31 heavy (non-hydrogen) atoms. The quantitative estimate of drug-likeness (QED) is 0.210. The summed E-state index contributed by atoms with van der Waals surface area (Å²) in [5, 5.41) is 22.8. The van der Waals surface area contributed by atoms with Crippen LogP contribution in [0.5, 0.6) is 5.75 Å². The van der Waals surface area contributed by atoms with Crippen molar-refractivity contribution in [1.82, 2.24) is 0 Å². The zero-order chi connectivity index (χ0) is 22.2. The van der Waals surface area contributed by atoms with Crippen LogP contribution in [0.25, 0.3) is 6.08 Å². The van der Waals surface area contributed by atoms with Crippen LogP contribution >= 0.6 is 15.9 Å². The highest BCUT2D eigenvalue weighted by Gasteiger charge is 2.14. The molecule has 0 aliphatic carbocycles. The summed E-state index contributed by atoms with van der Waals surface area (Å²) in [6.45, 7) is 0.437. The van der Waals surface area contributed by atoms with Gasteiger partial charge in [0, 0.05) is 16.6 Å². The van der Waals surface area contributed by atoms with Gasteiger partial charge < -0.3 is 10.1 Å². The number of benzene rings is 3. The lowest BCUT2D eigenvalue weighted by molar-refractivity contribution is -0.384. The fourth-order valence-electron chi connectivity index (χ4n) is 2.63. The van der Waals surface area contributed by atoms with E-state index in [0.717, 1.165) is 5.56 Å². The molecule has 7 nitrogen and oxygen atoms in total. The van der Waals surface area contributed by atoms with Crippen molar-refractivity contribution in [3.8, 4) is 11.8 Å². The standard InChI is InChI=1S/C23H16BrN3O4/c24-21-13-19(27(29)30)8-11-22(21)26-23(28)18(14-25)12-16-6-9-20(10-7-16)31-15-17-4-2-1-3-5-17/h1-13H,15H2,(H,26,28). The molecule has 1 amide bonds. The van der Waals surface area contributed by atoms with Gasteiger partial charge >= 0.3 is 0 Å². The Morgan fingerprint density at radius 2 is 1.84 bits per heavy atom. The second kappa shape index (κ2) is 10.2. The van der Waals surface area contributed by atoms with E-state index in [1.807, 2.05) is 36.4 Å². The Morgan fingerprint density at radius 1 is 1.13 bits per heavy atom. The second-order valence-corrected chi connectivity index (χ2v) is 7.24. The number of nitriles is 1. The SMILES string of the molecule is N#CC(=Cc1ccc(OCc2ccccc2)cc1)C(=O)Nc1ccc([N+](=O)[O-])cc1Br. The molecule has 0 bridgehead atoms. The van der Waals surface area contributed by atoms with Gasteiger partial charge in [0.1, 0.15) is 24.0 Å². The summed E-state index contributed by atoms with van der Waals surface area (Å²) in [7, 11) is 0. The Kier molecular flexibility index (Phi) is 7.14. The van der Waals surface area contributed by atoms with Gasteiger partial charge in [-0.25, -0.2) is 0 Å². The lowest BCUT2D eigenvalue weighted by Crippen LogP contribution is -2.13. The topological polar surface area (TPSA) is 105 Å². The van der Waals surface area contributed by atoms with Crippen LogP contribution in [0.15, 0.2) is 82.8 Å². The second-order valence-electron chi connectivity index (χ2n) is 6.39. The smallest absolute Gasteiger partial charge is 0.270 e. The number of hydrogen-bond donors (Lipinski definition) is 1. The molecule has 0 spiro atoms. The summed E-state index contributed by atoms with van der Waals surface area (Å²) in [5.74, 6) is 0.0419. The van der Waals surface area contributed by atoms with Crippen LogP contribution in [0, 0.1) is 21.4 Å². The Balaban J connectivity index is 1.67. The number of nitro benzene ring substituents is 1. The lowest BCUT2D eigenvalue weighted by atomic mass is 10.1. The molecule has 0 unspecified atom stereocenters. The summed E-state index contributed by atoms with van der Waals surface area (Å²) in [6, 6.07) is 22.6. The number of rotatable bonds is 7. The average Bonchev–Trinajstić information content (AvgIpc) is 2.78. The molecule has 0 radical (unpaired) electrons. The number of halogens is 1. The third kappa shape index (κ3) is 6.01. The fourth-order valence-corrected chi connectivity index (χ4v) is 3.09. The minimum atomic E-state index is -0.624. The number of amides is 1. The van der Waals surface area contributed by atoms with Gasteiger partial charge in [0.05, 0.1) is 10.6 Å². The van der Waals surface area contributed by atoms with Crippen molar-refractivity contribution in [3.05, 3.63) is 104 Å². The number of hydrogen-bond acceptors (Lipinski definition) is 5. The van der Waals surface area contributed by atoms with E-state index in [9.17, 15) is 20.2 Å². The Bertz CT molecular complexity index is 1170. The van der Waals surface area contributed by atoms with Gasteiger partial charge in [-0.3, -0.25) is 14.9 Å². The number of nitro groups is 1. The van der Waals surface area contributed by atoms with E-state index in [1.165, 1.54) is 24.3 Å². The zero-order valence-corrected chi connectivity index (χ0v) is 17.7. The molecule has 3 aromatic carbocycles. The van der Waals surface area contributed by atoms with Crippen LogP contribution in [-0.2, 0) is 11.4 Å². The first-order valence-electron chi connectivity index (χ1n) is 9.10. The Labute approximate surface area is 186 Å². The number of carbonyl (C=O) groups excluding carboxylic acids is 1. The van der Waals surface area contributed by atoms with Crippen molar-refractivity contribution in [3.63, 3.8) is 0 Å². The van der Waals surface area contributed by atoms with E-state index >= 15 is 0 Å². The molecule has 0 saturated carbocycles. The monoisotopic (exact) mass is 477 g/mol. The van der Waals surface area contributed by atoms with Crippen molar-refractivity contribution in [2.24, 2.45) is 0 Å². The molecule has 0 aliphatic heterocycles. The fraction of sp³-hybridized carbons (Fsp3) is 0.0435. The van der Waals surface area contributed by atoms with Crippen LogP contribution in [0.3, 0.4) is 0 Å². The third-order valence-corrected chi connectivity index (χ3v) is 4.87. The van der Waals surface area contributed by atoms with Crippen LogP contribution in [0.1, 0.15) is 11.1 Å². The molecule has 3 aromatic rings. The first-order chi connectivity index (χ1) is 15.0. The molecule has 0 saturated heterocycles. The van der Waals surface area contributed by atoms with E-state index < -0.39 is 10.8 Å². The first-order valence-corrected chi connectivity index (χ1v) is 9.89. The minimum absolute atomic E-state index is 0.108. The average molecular weight is 478 g/mol. The van der Waals surface area contributed by atoms with Gasteiger partial charge in [0.15, 0.2) is 0 Å². The van der Waals surface area contributed by atoms with E-state index in [4.69, 9.17) is 4.74 Å². The van der Waals surface area contributed by atoms with Crippen LogP contribution in [-0.4, -0.2) is 10.8 Å². The van der Waals surface area contributed by atoms with Gasteiger partial charge in [0.2, 0.25) is 0 Å². The molecule has 0 aliphatic rings. The largest absolute Gasteiger partial charge is 0.489 e. The van der Waals surface area contributed by atoms with Gasteiger partial charge in [-0.15, -0.1) is 0 Å². The third-order valence-electron chi connectivity index (χ3n) is 4.22. The van der Waals surface area contributed by atoms with Crippen molar-refractivity contribution < 1.29 is 14.5 Å². The van der Waals surface area contributed by atoms with Crippen LogP contribution < -0.4 is 10.1 Å². The molecule has 1 N–H and O–H groups in total. The molecule has 0 fully saturated rings. The molecule has 0 heterocycles. The van der Waals surface area contributed by atoms with Gasteiger partial charge in [0.25, 0.3) is 11.6 Å². The van der Waals surface area contributed by atoms with Gasteiger partial charge in [-0.05, 0) is 51.3 Å². The minimum Gasteiger partial charge on any atom is -0.489 e. The summed E-state index contributed by atoms with van der Waals surface area (Å²) in [4.78, 5) is 22.7. The van der Waals surface area contributed by atoms with E-state index in [0.29, 0.717) is 28.1 Å². The number of carbonyl (C=O) groups is 1. The van der Waals surface area contributed by atoms with Gasteiger partial charge in [-0.2, -0.15) is 5.26 Å². The van der Waals surface area contributed by atoms with Crippen molar-refractivity contribution in [2.45, 2.75) is 6.61 Å². The summed E-state index contributed by atoms with van der Waals surface area (Å²) < 4.78 is 6.07. The van der Waals surface area contributed by atoms with Crippen LogP contribution in [0.4, 0.5) is 11.4 Å². The molecule has 0 aromatic heterocycles. The van der Waals surface area contributed by atoms with E-state index in [-0.39, 0.29) is 11.3 Å². The lowest BCUT2D eigenvalue weighted by Gasteiger charge is -2.08. The maximum atomic E-state index is 12.5. The molecule has 154 valence electrons. The normalized spacial score (nSPS) is 10.8. The predicted octanol–water partition coefficient (Wildman–Crippen LogP) is 5.48. The van der Waals surface area contributed by atoms with E-state index in [1.54, 1.807) is 24.3 Å². The highest BCUT2D eigenvalue weighted by atomic mass is 79.9. The number of anilines is 1. The number of nitrogens with zero attached hydrogens (tertiary/aromatic N) is 2. The maximum Gasteiger partial charge on any atom is 0.270 e. The Hall–Kier alpha value is -3.96. The molecule has 0 atom stereocenters. The zero-order valence-electron chi connectivity index (χ0n) is 16.1. The summed E-state index contributed by atoms with van der Waals surface area (Å²) in [5.41, 5.74) is 1.80. The molecule has 3 rings (SSSR count). The van der Waals surface area contributed by atoms with Crippen molar-refractivity contribution in [1.29, 1.82) is 5.26 Å². The molecular formula is C23H16BrN3O4. The first kappa shape index (κ1) is 21.7. The molecule has 8 heteroatoms. The van der Waals surface area contributed by atoms with Crippen molar-refractivity contribution in [2.75, 3.05) is 5.32 Å². The highest BCUT2D eigenvalue weighted by Crippen LogP contribution is 2.27. The predicted molar refractivity (Wildman–Crippen MR) is 120 cm³/mol.